The summed E-state index contributed by atoms with van der Waals surface area (Å²) >= 11 is 1.29. The summed E-state index contributed by atoms with van der Waals surface area (Å²) in [6.45, 7) is 3.57. The fraction of sp³-hybridized carbons (Fsp3) is 0.474. The topological polar surface area (TPSA) is 59.2 Å². The van der Waals surface area contributed by atoms with E-state index in [4.69, 9.17) is 5.73 Å². The number of hydrogen-bond donors (Lipinski definition) is 1. The first kappa shape index (κ1) is 17.9. The molecule has 1 amide bonds. The predicted molar refractivity (Wildman–Crippen MR) is 99.3 cm³/mol. The lowest BCUT2D eigenvalue weighted by atomic mass is 9.91. The van der Waals surface area contributed by atoms with Gasteiger partial charge in [0.15, 0.2) is 5.13 Å². The minimum absolute atomic E-state index is 0.0672. The van der Waals surface area contributed by atoms with Crippen LogP contribution in [0.15, 0.2) is 24.3 Å². The highest BCUT2D eigenvalue weighted by molar-refractivity contribution is 7.17. The van der Waals surface area contributed by atoms with E-state index in [1.165, 1.54) is 23.5 Å². The van der Waals surface area contributed by atoms with Gasteiger partial charge < -0.3 is 10.6 Å². The Balaban J connectivity index is 1.60. The van der Waals surface area contributed by atoms with E-state index in [0.717, 1.165) is 56.5 Å². The van der Waals surface area contributed by atoms with Gasteiger partial charge in [-0.05, 0) is 55.7 Å². The van der Waals surface area contributed by atoms with Gasteiger partial charge >= 0.3 is 0 Å². The SMILES string of the molecule is CCc1nc(N)sc1C(=O)N1CCC[C@H](CCc2ccc(F)cc2)C1. The van der Waals surface area contributed by atoms with Gasteiger partial charge in [0.2, 0.25) is 0 Å². The molecule has 3 rings (SSSR count). The van der Waals surface area contributed by atoms with Crippen LogP contribution >= 0.6 is 11.3 Å². The molecule has 1 aliphatic heterocycles. The minimum atomic E-state index is -0.200. The van der Waals surface area contributed by atoms with Crippen LogP contribution in [-0.2, 0) is 12.8 Å². The number of benzene rings is 1. The number of likely N-dealkylation sites (tertiary alicyclic amines) is 1. The lowest BCUT2D eigenvalue weighted by molar-refractivity contribution is 0.0672. The Morgan fingerprint density at radius 2 is 2.16 bits per heavy atom. The number of nitrogen functional groups attached to an aromatic ring is 1. The molecule has 134 valence electrons. The van der Waals surface area contributed by atoms with Gasteiger partial charge in [0.1, 0.15) is 10.7 Å². The number of nitrogens with two attached hydrogens (primary N) is 1. The summed E-state index contributed by atoms with van der Waals surface area (Å²) in [6.07, 6.45) is 4.81. The van der Waals surface area contributed by atoms with Crippen LogP contribution < -0.4 is 5.73 Å². The molecule has 2 heterocycles. The molecule has 2 N–H and O–H groups in total. The van der Waals surface area contributed by atoms with E-state index in [0.29, 0.717) is 15.9 Å². The number of hydrogen-bond acceptors (Lipinski definition) is 4. The number of aryl methyl sites for hydroxylation is 2. The van der Waals surface area contributed by atoms with Gasteiger partial charge in [-0.3, -0.25) is 4.79 Å². The molecule has 25 heavy (non-hydrogen) atoms. The largest absolute Gasteiger partial charge is 0.375 e. The average Bonchev–Trinajstić information content (AvgIpc) is 3.02. The highest BCUT2D eigenvalue weighted by atomic mass is 32.1. The number of aromatic nitrogens is 1. The second-order valence-corrected chi connectivity index (χ2v) is 7.64. The third-order valence-electron chi connectivity index (χ3n) is 4.80. The zero-order chi connectivity index (χ0) is 17.8. The Hall–Kier alpha value is -1.95. The molecule has 1 aromatic heterocycles. The fourth-order valence-electron chi connectivity index (χ4n) is 3.43. The molecule has 1 fully saturated rings. The highest BCUT2D eigenvalue weighted by Gasteiger charge is 2.27. The maximum atomic E-state index is 13.0. The Kier molecular flexibility index (Phi) is 5.68. The zero-order valence-corrected chi connectivity index (χ0v) is 15.3. The lowest BCUT2D eigenvalue weighted by Crippen LogP contribution is -2.40. The van der Waals surface area contributed by atoms with Crippen molar-refractivity contribution in [3.8, 4) is 0 Å². The molecule has 4 nitrogen and oxygen atoms in total. The highest BCUT2D eigenvalue weighted by Crippen LogP contribution is 2.27. The molecule has 2 aromatic rings. The summed E-state index contributed by atoms with van der Waals surface area (Å²) in [5.41, 5.74) is 7.74. The second kappa shape index (κ2) is 7.95. The molecular formula is C19H24FN3OS. The van der Waals surface area contributed by atoms with Crippen molar-refractivity contribution < 1.29 is 9.18 Å². The van der Waals surface area contributed by atoms with Crippen molar-refractivity contribution in [2.75, 3.05) is 18.8 Å². The molecule has 1 aliphatic rings. The Morgan fingerprint density at radius 1 is 1.40 bits per heavy atom. The monoisotopic (exact) mass is 361 g/mol. The van der Waals surface area contributed by atoms with Gasteiger partial charge in [-0.1, -0.05) is 30.4 Å². The van der Waals surface area contributed by atoms with E-state index in [-0.39, 0.29) is 11.7 Å². The average molecular weight is 361 g/mol. The number of carbonyl (C=O) groups is 1. The first-order valence-electron chi connectivity index (χ1n) is 8.85. The fourth-order valence-corrected chi connectivity index (χ4v) is 4.32. The van der Waals surface area contributed by atoms with E-state index >= 15 is 0 Å². The van der Waals surface area contributed by atoms with Crippen LogP contribution in [0.3, 0.4) is 0 Å². The number of rotatable bonds is 5. The van der Waals surface area contributed by atoms with Crippen molar-refractivity contribution in [3.05, 3.63) is 46.2 Å². The van der Waals surface area contributed by atoms with Crippen molar-refractivity contribution >= 4 is 22.4 Å². The van der Waals surface area contributed by atoms with E-state index in [1.807, 2.05) is 24.0 Å². The standard InChI is InChI=1S/C19H24FN3OS/c1-2-16-17(25-19(21)22-16)18(24)23-11-3-4-14(12-23)6-5-13-7-9-15(20)10-8-13/h7-10,14H,2-6,11-12H2,1H3,(H2,21,22)/t14-/m1/s1. The van der Waals surface area contributed by atoms with Crippen molar-refractivity contribution in [1.82, 2.24) is 9.88 Å². The lowest BCUT2D eigenvalue weighted by Gasteiger charge is -2.32. The van der Waals surface area contributed by atoms with Crippen molar-refractivity contribution in [2.45, 2.75) is 39.0 Å². The van der Waals surface area contributed by atoms with E-state index < -0.39 is 0 Å². The van der Waals surface area contributed by atoms with Gasteiger partial charge in [-0.2, -0.15) is 0 Å². The summed E-state index contributed by atoms with van der Waals surface area (Å²) in [4.78, 5) is 19.8. The van der Waals surface area contributed by atoms with Gasteiger partial charge in [0.05, 0.1) is 5.69 Å². The van der Waals surface area contributed by atoms with Crippen LogP contribution in [0.4, 0.5) is 9.52 Å². The van der Waals surface area contributed by atoms with Crippen LogP contribution in [0.5, 0.6) is 0 Å². The summed E-state index contributed by atoms with van der Waals surface area (Å²) in [5, 5.41) is 0.463. The number of anilines is 1. The molecule has 0 spiro atoms. The summed E-state index contributed by atoms with van der Waals surface area (Å²) in [5.74, 6) is 0.351. The third kappa shape index (κ3) is 4.37. The smallest absolute Gasteiger partial charge is 0.265 e. The number of nitrogens with zero attached hydrogens (tertiary/aromatic N) is 2. The van der Waals surface area contributed by atoms with Gasteiger partial charge in [0.25, 0.3) is 5.91 Å². The second-order valence-electron chi connectivity index (χ2n) is 6.61. The van der Waals surface area contributed by atoms with E-state index in [1.54, 1.807) is 0 Å². The maximum absolute atomic E-state index is 13.0. The molecule has 0 radical (unpaired) electrons. The van der Waals surface area contributed by atoms with E-state index in [9.17, 15) is 9.18 Å². The van der Waals surface area contributed by atoms with Gasteiger partial charge in [-0.15, -0.1) is 0 Å². The quantitative estimate of drug-likeness (QED) is 0.878. The number of amides is 1. The third-order valence-corrected chi connectivity index (χ3v) is 5.72. The molecular weight excluding hydrogens is 337 g/mol. The molecule has 1 atom stereocenters. The van der Waals surface area contributed by atoms with Crippen LogP contribution in [0.25, 0.3) is 0 Å². The summed E-state index contributed by atoms with van der Waals surface area (Å²) in [6, 6.07) is 6.70. The van der Waals surface area contributed by atoms with Gasteiger partial charge in [-0.25, -0.2) is 9.37 Å². The Labute approximate surface area is 151 Å². The van der Waals surface area contributed by atoms with E-state index in [2.05, 4.69) is 4.98 Å². The first-order valence-corrected chi connectivity index (χ1v) is 9.67. The van der Waals surface area contributed by atoms with Crippen LogP contribution in [0, 0.1) is 11.7 Å². The molecule has 0 saturated carbocycles. The minimum Gasteiger partial charge on any atom is -0.375 e. The summed E-state index contributed by atoms with van der Waals surface area (Å²) in [7, 11) is 0. The number of thiazole rings is 1. The van der Waals surface area contributed by atoms with Crippen LogP contribution in [0.2, 0.25) is 0 Å². The van der Waals surface area contributed by atoms with Crippen molar-refractivity contribution in [3.63, 3.8) is 0 Å². The van der Waals surface area contributed by atoms with Gasteiger partial charge in [0, 0.05) is 13.1 Å². The number of piperidine rings is 1. The van der Waals surface area contributed by atoms with Crippen molar-refractivity contribution in [2.24, 2.45) is 5.92 Å². The van der Waals surface area contributed by atoms with Crippen LogP contribution in [0.1, 0.15) is 47.1 Å². The van der Waals surface area contributed by atoms with Crippen LogP contribution in [-0.4, -0.2) is 28.9 Å². The maximum Gasteiger partial charge on any atom is 0.265 e. The Morgan fingerprint density at radius 3 is 2.88 bits per heavy atom. The molecule has 0 aliphatic carbocycles. The molecule has 0 unspecified atom stereocenters. The normalized spacial score (nSPS) is 17.7. The number of carbonyl (C=O) groups excluding carboxylic acids is 1. The molecule has 1 saturated heterocycles. The molecule has 0 bridgehead atoms. The zero-order valence-electron chi connectivity index (χ0n) is 14.5. The molecule has 6 heteroatoms. The summed E-state index contributed by atoms with van der Waals surface area (Å²) < 4.78 is 13.0. The molecule has 1 aromatic carbocycles. The Bertz CT molecular complexity index is 729. The van der Waals surface area contributed by atoms with Crippen molar-refractivity contribution in [1.29, 1.82) is 0 Å². The number of halogens is 1. The first-order chi connectivity index (χ1) is 12.1. The predicted octanol–water partition coefficient (Wildman–Crippen LogP) is 3.91.